The van der Waals surface area contributed by atoms with E-state index in [1.54, 1.807) is 6.08 Å². The van der Waals surface area contributed by atoms with Crippen molar-refractivity contribution < 1.29 is 13.5 Å². The number of aliphatic hydroxyl groups excluding tert-OH is 1. The molecule has 0 bridgehead atoms. The summed E-state index contributed by atoms with van der Waals surface area (Å²) < 4.78 is 23.1. The minimum atomic E-state index is -3.33. The summed E-state index contributed by atoms with van der Waals surface area (Å²) in [5.41, 5.74) is 5.40. The molecule has 3 rings (SSSR count). The van der Waals surface area contributed by atoms with Crippen molar-refractivity contribution in [1.82, 2.24) is 0 Å². The summed E-state index contributed by atoms with van der Waals surface area (Å²) in [6, 6.07) is 0. The van der Waals surface area contributed by atoms with Gasteiger partial charge in [0.25, 0.3) is 0 Å². The first-order chi connectivity index (χ1) is 14.0. The maximum atomic E-state index is 11.6. The van der Waals surface area contributed by atoms with Gasteiger partial charge < -0.3 is 5.11 Å². The van der Waals surface area contributed by atoms with Crippen LogP contribution >= 0.6 is 11.6 Å². The third kappa shape index (κ3) is 5.03. The molecule has 5 heteroatoms. The minimum Gasteiger partial charge on any atom is -0.393 e. The van der Waals surface area contributed by atoms with Crippen molar-refractivity contribution >= 4 is 21.4 Å². The molecule has 0 aromatic heterocycles. The van der Waals surface area contributed by atoms with Crippen LogP contribution in [0.2, 0.25) is 0 Å². The highest BCUT2D eigenvalue weighted by molar-refractivity contribution is 7.96. The first-order valence-electron chi connectivity index (χ1n) is 11.0. The van der Waals surface area contributed by atoms with Crippen LogP contribution in [0.3, 0.4) is 0 Å². The van der Waals surface area contributed by atoms with E-state index in [-0.39, 0.29) is 21.8 Å². The van der Waals surface area contributed by atoms with Gasteiger partial charge in [0.2, 0.25) is 0 Å². The Bertz CT molecular complexity index is 922. The second-order valence-electron chi connectivity index (χ2n) is 9.57. The first-order valence-corrected chi connectivity index (χ1v) is 13.3. The number of halogens is 1. The predicted octanol–water partition coefficient (Wildman–Crippen LogP) is 6.23. The van der Waals surface area contributed by atoms with Crippen molar-refractivity contribution in [1.29, 1.82) is 0 Å². The number of allylic oxidation sites excluding steroid dienone is 7. The number of sulfone groups is 1. The molecule has 30 heavy (non-hydrogen) atoms. The van der Waals surface area contributed by atoms with Crippen LogP contribution in [-0.4, -0.2) is 25.9 Å². The number of fused-ring (bicyclic) bond motifs is 1. The molecule has 0 aliphatic heterocycles. The Balaban J connectivity index is 1.77. The van der Waals surface area contributed by atoms with Crippen LogP contribution in [-0.2, 0) is 9.84 Å². The topological polar surface area (TPSA) is 54.4 Å². The van der Waals surface area contributed by atoms with E-state index in [1.807, 2.05) is 0 Å². The lowest BCUT2D eigenvalue weighted by Crippen LogP contribution is -2.32. The largest absolute Gasteiger partial charge is 0.393 e. The fourth-order valence-electron chi connectivity index (χ4n) is 5.56. The fourth-order valence-corrected chi connectivity index (χ4v) is 6.05. The second-order valence-corrected chi connectivity index (χ2v) is 12.2. The van der Waals surface area contributed by atoms with Crippen LogP contribution in [0, 0.1) is 17.3 Å². The lowest BCUT2D eigenvalue weighted by molar-refractivity contribution is 0.158. The van der Waals surface area contributed by atoms with E-state index in [0.29, 0.717) is 18.8 Å². The number of hydrogen-bond donors (Lipinski definition) is 1. The van der Waals surface area contributed by atoms with Gasteiger partial charge in [0, 0.05) is 6.26 Å². The lowest BCUT2D eigenvalue weighted by atomic mass is 9.62. The van der Waals surface area contributed by atoms with Crippen molar-refractivity contribution in [2.75, 3.05) is 6.26 Å². The molecule has 0 radical (unpaired) electrons. The van der Waals surface area contributed by atoms with Gasteiger partial charge >= 0.3 is 0 Å². The number of rotatable bonds is 5. The molecule has 0 aromatic carbocycles. The second kappa shape index (κ2) is 9.18. The zero-order valence-electron chi connectivity index (χ0n) is 18.5. The Hall–Kier alpha value is -1.10. The zero-order valence-corrected chi connectivity index (χ0v) is 20.0. The summed E-state index contributed by atoms with van der Waals surface area (Å²) in [7, 11) is -3.33. The quantitative estimate of drug-likeness (QED) is 0.505. The van der Waals surface area contributed by atoms with Gasteiger partial charge in [-0.25, -0.2) is 8.42 Å². The van der Waals surface area contributed by atoms with Crippen molar-refractivity contribution in [3.63, 3.8) is 0 Å². The van der Waals surface area contributed by atoms with Gasteiger partial charge in [-0.3, -0.25) is 0 Å². The summed E-state index contributed by atoms with van der Waals surface area (Å²) in [4.78, 5) is 0. The van der Waals surface area contributed by atoms with E-state index in [0.717, 1.165) is 50.4 Å². The summed E-state index contributed by atoms with van der Waals surface area (Å²) in [5.74, 6) is 0.762. The summed E-state index contributed by atoms with van der Waals surface area (Å²) >= 11 is 5.95. The Kier molecular flexibility index (Phi) is 7.21. The summed E-state index contributed by atoms with van der Waals surface area (Å²) in [5, 5.41) is 10.00. The molecule has 4 unspecified atom stereocenters. The van der Waals surface area contributed by atoms with Crippen molar-refractivity contribution in [2.45, 2.75) is 71.3 Å². The van der Waals surface area contributed by atoms with Gasteiger partial charge in [-0.15, -0.1) is 0 Å². The molecular formula is C25H35ClO3S. The maximum absolute atomic E-state index is 11.6. The van der Waals surface area contributed by atoms with Crippen LogP contribution in [0.1, 0.15) is 65.2 Å². The molecule has 0 heterocycles. The highest BCUT2D eigenvalue weighted by Gasteiger charge is 2.45. The van der Waals surface area contributed by atoms with E-state index >= 15 is 0 Å². The Morgan fingerprint density at radius 3 is 2.83 bits per heavy atom. The molecule has 3 aliphatic rings. The normalized spacial score (nSPS) is 34.2. The molecule has 1 N–H and O–H groups in total. The minimum absolute atomic E-state index is 0.0552. The van der Waals surface area contributed by atoms with Crippen LogP contribution < -0.4 is 0 Å². The van der Waals surface area contributed by atoms with Gasteiger partial charge in [0.05, 0.1) is 6.10 Å². The van der Waals surface area contributed by atoms with Gasteiger partial charge in [-0.1, -0.05) is 73.1 Å². The van der Waals surface area contributed by atoms with Crippen LogP contribution in [0.25, 0.3) is 0 Å². The summed E-state index contributed by atoms with van der Waals surface area (Å²) in [6.07, 6.45) is 17.0. The van der Waals surface area contributed by atoms with Crippen LogP contribution in [0.5, 0.6) is 0 Å². The average molecular weight is 451 g/mol. The number of aliphatic hydroxyl groups is 1. The molecule has 3 nitrogen and oxygen atoms in total. The van der Waals surface area contributed by atoms with E-state index < -0.39 is 9.84 Å². The Morgan fingerprint density at radius 2 is 2.13 bits per heavy atom. The molecular weight excluding hydrogens is 416 g/mol. The van der Waals surface area contributed by atoms with Crippen molar-refractivity contribution in [2.24, 2.45) is 17.3 Å². The Morgan fingerprint density at radius 1 is 1.40 bits per heavy atom. The smallest absolute Gasteiger partial charge is 0.185 e. The van der Waals surface area contributed by atoms with Crippen molar-refractivity contribution in [3.8, 4) is 0 Å². The van der Waals surface area contributed by atoms with Gasteiger partial charge in [-0.2, -0.15) is 0 Å². The first kappa shape index (κ1) is 23.6. The van der Waals surface area contributed by atoms with E-state index in [2.05, 4.69) is 38.7 Å². The maximum Gasteiger partial charge on any atom is 0.185 e. The monoisotopic (exact) mass is 450 g/mol. The van der Waals surface area contributed by atoms with E-state index in [9.17, 15) is 13.5 Å². The molecule has 0 spiro atoms. The molecule has 3 aliphatic carbocycles. The van der Waals surface area contributed by atoms with Gasteiger partial charge in [-0.05, 0) is 74.2 Å². The molecule has 0 amide bonds. The predicted molar refractivity (Wildman–Crippen MR) is 126 cm³/mol. The highest BCUT2D eigenvalue weighted by atomic mass is 35.5. The summed E-state index contributed by atoms with van der Waals surface area (Å²) in [6.45, 7) is 8.73. The van der Waals surface area contributed by atoms with Crippen molar-refractivity contribution in [3.05, 3.63) is 57.5 Å². The molecule has 0 aromatic rings. The van der Waals surface area contributed by atoms with Crippen LogP contribution in [0.15, 0.2) is 57.5 Å². The molecule has 166 valence electrons. The van der Waals surface area contributed by atoms with Crippen LogP contribution in [0.4, 0.5) is 0 Å². The SMILES string of the molecule is C=C1CCC(O)C/C1=C/C=C1\CCCC2(C)C(C(C)C/C=C(\Cl)S(C)(=O)=O)=CCC12. The lowest BCUT2D eigenvalue weighted by Gasteiger charge is -2.42. The average Bonchev–Trinajstić information content (AvgIpc) is 3.03. The third-order valence-electron chi connectivity index (χ3n) is 7.32. The molecule has 2 fully saturated rings. The molecule has 0 saturated heterocycles. The Labute approximate surface area is 187 Å². The van der Waals surface area contributed by atoms with Gasteiger partial charge in [0.1, 0.15) is 4.36 Å². The standard InChI is InChI=1S/C25H35ClO3S/c1-17-7-11-21(27)16-20(17)10-9-19-6-5-15-25(3)22(12-13-23(19)25)18(2)8-14-24(26)30(4,28)29/h9-10,12,14,18,21,23,27H,1,5-8,11,13,15-16H2,2-4H3/b19-9+,20-10-,24-14+. The third-order valence-corrected chi connectivity index (χ3v) is 9.19. The van der Waals surface area contributed by atoms with Gasteiger partial charge in [0.15, 0.2) is 9.84 Å². The fraction of sp³-hybridized carbons (Fsp3) is 0.600. The number of hydrogen-bond acceptors (Lipinski definition) is 3. The van der Waals surface area contributed by atoms with E-state index in [1.165, 1.54) is 16.7 Å². The van der Waals surface area contributed by atoms with E-state index in [4.69, 9.17) is 11.6 Å². The zero-order chi connectivity index (χ0) is 22.1. The highest BCUT2D eigenvalue weighted by Crippen LogP contribution is 2.57. The molecule has 4 atom stereocenters. The molecule has 2 saturated carbocycles.